The molecule has 1 aromatic heterocycles. The quantitative estimate of drug-likeness (QED) is 0.544. The van der Waals surface area contributed by atoms with Gasteiger partial charge in [-0.1, -0.05) is 6.07 Å². The lowest BCUT2D eigenvalue weighted by Crippen LogP contribution is -2.38. The molecule has 0 atom stereocenters. The number of pyridine rings is 1. The molecule has 3 rings (SSSR count). The van der Waals surface area contributed by atoms with Gasteiger partial charge in [0, 0.05) is 51.2 Å². The Hall–Kier alpha value is -2.98. The first kappa shape index (κ1) is 24.7. The molecule has 3 N–H and O–H groups in total. The fraction of sp³-hybridized carbons (Fsp3) is 0.435. The molecule has 0 radical (unpaired) electrons. The van der Waals surface area contributed by atoms with Gasteiger partial charge in [0.1, 0.15) is 0 Å². The Morgan fingerprint density at radius 3 is 2.36 bits per heavy atom. The van der Waals surface area contributed by atoms with Crippen molar-refractivity contribution in [2.45, 2.75) is 49.6 Å². The second kappa shape index (κ2) is 11.2. The summed E-state index contributed by atoms with van der Waals surface area (Å²) in [4.78, 5) is 29.7. The Labute approximate surface area is 195 Å². The van der Waals surface area contributed by atoms with E-state index in [1.54, 1.807) is 49.6 Å². The summed E-state index contributed by atoms with van der Waals surface area (Å²) >= 11 is 0. The summed E-state index contributed by atoms with van der Waals surface area (Å²) < 4.78 is 28.3. The third-order valence-corrected chi connectivity index (χ3v) is 7.27. The first-order valence-corrected chi connectivity index (χ1v) is 12.5. The third kappa shape index (κ3) is 7.54. The SMILES string of the molecule is CN(C)C(=O)CC1CCC(NS(=O)(=O)c2ccc(NC(=O)NCc3cccnc3)cc2)CC1. The van der Waals surface area contributed by atoms with E-state index in [2.05, 4.69) is 20.3 Å². The van der Waals surface area contributed by atoms with Crippen LogP contribution in [0, 0.1) is 5.92 Å². The molecule has 3 amide bonds. The number of rotatable bonds is 8. The van der Waals surface area contributed by atoms with Gasteiger partial charge in [-0.15, -0.1) is 0 Å². The highest BCUT2D eigenvalue weighted by atomic mass is 32.2. The van der Waals surface area contributed by atoms with Gasteiger partial charge in [0.15, 0.2) is 0 Å². The number of amides is 3. The van der Waals surface area contributed by atoms with Crippen molar-refractivity contribution in [3.8, 4) is 0 Å². The molecule has 1 fully saturated rings. The molecule has 1 aliphatic carbocycles. The number of nitrogens with zero attached hydrogens (tertiary/aromatic N) is 2. The monoisotopic (exact) mass is 473 g/mol. The molecule has 1 aromatic carbocycles. The first-order chi connectivity index (χ1) is 15.7. The smallest absolute Gasteiger partial charge is 0.319 e. The van der Waals surface area contributed by atoms with Gasteiger partial charge < -0.3 is 15.5 Å². The van der Waals surface area contributed by atoms with Crippen LogP contribution < -0.4 is 15.4 Å². The van der Waals surface area contributed by atoms with Crippen molar-refractivity contribution in [2.75, 3.05) is 19.4 Å². The van der Waals surface area contributed by atoms with E-state index in [1.807, 2.05) is 6.07 Å². The van der Waals surface area contributed by atoms with Gasteiger partial charge >= 0.3 is 6.03 Å². The Balaban J connectivity index is 1.47. The molecule has 0 aliphatic heterocycles. The number of urea groups is 1. The summed E-state index contributed by atoms with van der Waals surface area (Å²) in [6.45, 7) is 0.335. The maximum atomic E-state index is 12.8. The van der Waals surface area contributed by atoms with Gasteiger partial charge in [0.2, 0.25) is 15.9 Å². The Morgan fingerprint density at radius 2 is 1.76 bits per heavy atom. The van der Waals surface area contributed by atoms with E-state index in [9.17, 15) is 18.0 Å². The maximum Gasteiger partial charge on any atom is 0.319 e. The van der Waals surface area contributed by atoms with Gasteiger partial charge in [-0.2, -0.15) is 0 Å². The molecule has 33 heavy (non-hydrogen) atoms. The Kier molecular flexibility index (Phi) is 8.40. The third-order valence-electron chi connectivity index (χ3n) is 5.73. The van der Waals surface area contributed by atoms with E-state index in [-0.39, 0.29) is 16.8 Å². The van der Waals surface area contributed by atoms with Crippen LogP contribution in [-0.2, 0) is 21.4 Å². The zero-order chi connectivity index (χ0) is 23.8. The van der Waals surface area contributed by atoms with Crippen molar-refractivity contribution >= 4 is 27.6 Å². The summed E-state index contributed by atoms with van der Waals surface area (Å²) in [5.74, 6) is 0.411. The molecule has 10 heteroatoms. The topological polar surface area (TPSA) is 121 Å². The predicted octanol–water partition coefficient (Wildman–Crippen LogP) is 2.72. The van der Waals surface area contributed by atoms with E-state index < -0.39 is 16.1 Å². The summed E-state index contributed by atoms with van der Waals surface area (Å²) in [5, 5.41) is 5.41. The molecule has 1 heterocycles. The van der Waals surface area contributed by atoms with Crippen LogP contribution in [0.25, 0.3) is 0 Å². The lowest BCUT2D eigenvalue weighted by molar-refractivity contribution is -0.129. The number of nitrogens with one attached hydrogen (secondary N) is 3. The first-order valence-electron chi connectivity index (χ1n) is 11.0. The number of hydrogen-bond acceptors (Lipinski definition) is 5. The molecule has 0 saturated heterocycles. The van der Waals surface area contributed by atoms with Crippen molar-refractivity contribution in [1.29, 1.82) is 0 Å². The minimum atomic E-state index is -3.67. The molecular formula is C23H31N5O4S. The Morgan fingerprint density at radius 1 is 1.06 bits per heavy atom. The number of sulfonamides is 1. The van der Waals surface area contributed by atoms with Crippen LogP contribution in [0.5, 0.6) is 0 Å². The van der Waals surface area contributed by atoms with Crippen LogP contribution in [0.4, 0.5) is 10.5 Å². The van der Waals surface area contributed by atoms with E-state index in [1.165, 1.54) is 12.1 Å². The van der Waals surface area contributed by atoms with E-state index in [0.29, 0.717) is 37.4 Å². The number of hydrogen-bond donors (Lipinski definition) is 3. The lowest BCUT2D eigenvalue weighted by atomic mass is 9.84. The molecule has 1 aliphatic rings. The number of aromatic nitrogens is 1. The van der Waals surface area contributed by atoms with Crippen LogP contribution in [0.3, 0.4) is 0 Å². The minimum Gasteiger partial charge on any atom is -0.349 e. The summed E-state index contributed by atoms with van der Waals surface area (Å²) in [6.07, 6.45) is 6.91. The van der Waals surface area contributed by atoms with E-state index in [0.717, 1.165) is 18.4 Å². The van der Waals surface area contributed by atoms with Crippen LogP contribution >= 0.6 is 0 Å². The van der Waals surface area contributed by atoms with Crippen molar-refractivity contribution in [3.05, 3.63) is 54.4 Å². The second-order valence-corrected chi connectivity index (χ2v) is 10.2. The van der Waals surface area contributed by atoms with Crippen molar-refractivity contribution < 1.29 is 18.0 Å². The lowest BCUT2D eigenvalue weighted by Gasteiger charge is -2.29. The van der Waals surface area contributed by atoms with Crippen LogP contribution in [0.2, 0.25) is 0 Å². The normalized spacial score (nSPS) is 18.4. The largest absolute Gasteiger partial charge is 0.349 e. The summed E-state index contributed by atoms with van der Waals surface area (Å²) in [6, 6.07) is 9.18. The molecule has 0 bridgehead atoms. The average Bonchev–Trinajstić information content (AvgIpc) is 2.80. The predicted molar refractivity (Wildman–Crippen MR) is 126 cm³/mol. The second-order valence-electron chi connectivity index (χ2n) is 8.52. The average molecular weight is 474 g/mol. The van der Waals surface area contributed by atoms with Crippen molar-refractivity contribution in [3.63, 3.8) is 0 Å². The number of benzene rings is 1. The highest BCUT2D eigenvalue weighted by Gasteiger charge is 2.27. The molecule has 1 saturated carbocycles. The number of carbonyl (C=O) groups is 2. The highest BCUT2D eigenvalue weighted by Crippen LogP contribution is 2.28. The number of carbonyl (C=O) groups excluding carboxylic acids is 2. The van der Waals surface area contributed by atoms with Gasteiger partial charge in [0.05, 0.1) is 4.90 Å². The standard InChI is InChI=1S/C23H31N5O4S/c1-28(2)22(29)14-17-5-7-20(8-6-17)27-33(31,32)21-11-9-19(10-12-21)26-23(30)25-16-18-4-3-13-24-15-18/h3-4,9-13,15,17,20,27H,5-8,14,16H2,1-2H3,(H2,25,26,30). The van der Waals surface area contributed by atoms with Crippen LogP contribution in [-0.4, -0.2) is 50.4 Å². The van der Waals surface area contributed by atoms with Crippen LogP contribution in [0.1, 0.15) is 37.7 Å². The zero-order valence-electron chi connectivity index (χ0n) is 19.0. The molecule has 178 valence electrons. The van der Waals surface area contributed by atoms with Gasteiger partial charge in [-0.25, -0.2) is 17.9 Å². The number of anilines is 1. The van der Waals surface area contributed by atoms with Gasteiger partial charge in [0.25, 0.3) is 0 Å². The van der Waals surface area contributed by atoms with Crippen molar-refractivity contribution in [1.82, 2.24) is 19.9 Å². The van der Waals surface area contributed by atoms with Gasteiger partial charge in [-0.05, 0) is 67.5 Å². The minimum absolute atomic E-state index is 0.110. The Bertz CT molecular complexity index is 1030. The molecule has 2 aromatic rings. The molecule has 0 unspecified atom stereocenters. The summed E-state index contributed by atoms with van der Waals surface area (Å²) in [5.41, 5.74) is 1.36. The van der Waals surface area contributed by atoms with E-state index in [4.69, 9.17) is 0 Å². The fourth-order valence-electron chi connectivity index (χ4n) is 3.78. The summed E-state index contributed by atoms with van der Waals surface area (Å²) in [7, 11) is -0.170. The molecule has 9 nitrogen and oxygen atoms in total. The van der Waals surface area contributed by atoms with Crippen LogP contribution in [0.15, 0.2) is 53.7 Å². The van der Waals surface area contributed by atoms with Crippen molar-refractivity contribution in [2.24, 2.45) is 5.92 Å². The zero-order valence-corrected chi connectivity index (χ0v) is 19.8. The fourth-order valence-corrected chi connectivity index (χ4v) is 5.08. The highest BCUT2D eigenvalue weighted by molar-refractivity contribution is 7.89. The van der Waals surface area contributed by atoms with E-state index >= 15 is 0 Å². The van der Waals surface area contributed by atoms with Gasteiger partial charge in [-0.3, -0.25) is 9.78 Å². The molecular weight excluding hydrogens is 442 g/mol. The molecule has 0 spiro atoms. The maximum absolute atomic E-state index is 12.8.